The van der Waals surface area contributed by atoms with Gasteiger partial charge in [0.05, 0.1) is 66.1 Å². The zero-order valence-corrected chi connectivity index (χ0v) is 49.2. The average Bonchev–Trinajstić information content (AvgIpc) is 1.77. The van der Waals surface area contributed by atoms with Gasteiger partial charge in [-0.25, -0.2) is 4.79 Å². The van der Waals surface area contributed by atoms with Crippen molar-refractivity contribution in [2.75, 3.05) is 97.7 Å². The Hall–Kier alpha value is -7.71. The summed E-state index contributed by atoms with van der Waals surface area (Å²) in [7, 11) is 0. The molecule has 0 saturated carbocycles. The summed E-state index contributed by atoms with van der Waals surface area (Å²) in [5.41, 5.74) is 4.54. The van der Waals surface area contributed by atoms with Crippen LogP contribution in [0.2, 0.25) is 0 Å². The third-order valence-electron chi connectivity index (χ3n) is 11.4. The Morgan fingerprint density at radius 2 is 0.852 bits per heavy atom. The summed E-state index contributed by atoms with van der Waals surface area (Å²) in [6.45, 7) is 7.10. The molecule has 2 heterocycles. The highest BCUT2D eigenvalue weighted by Gasteiger charge is 2.53. The maximum absolute atomic E-state index is 13.3. The second kappa shape index (κ2) is 37.9. The van der Waals surface area contributed by atoms with E-state index in [4.69, 9.17) is 72.0 Å². The van der Waals surface area contributed by atoms with Crippen LogP contribution in [0.25, 0.3) is 0 Å². The zero-order chi connectivity index (χ0) is 65.7. The maximum Gasteiger partial charge on any atom is 0.490 e. The number of amides is 5. The van der Waals surface area contributed by atoms with Crippen molar-refractivity contribution >= 4 is 77.0 Å². The van der Waals surface area contributed by atoms with Gasteiger partial charge in [-0.2, -0.15) is 13.2 Å². The fourth-order valence-electron chi connectivity index (χ4n) is 8.05. The highest BCUT2D eigenvalue weighted by atomic mass is 19.4. The molecule has 2 saturated heterocycles. The quantitative estimate of drug-likeness (QED) is 0.0183. The molecule has 33 nitrogen and oxygen atoms in total. The van der Waals surface area contributed by atoms with Crippen molar-refractivity contribution in [2.45, 2.75) is 129 Å². The number of halogens is 3. The van der Waals surface area contributed by atoms with E-state index in [0.717, 1.165) is 59.7 Å². The molecule has 494 valence electrons. The molecular weight excluding hydrogens is 1200 g/mol. The summed E-state index contributed by atoms with van der Waals surface area (Å²) < 4.78 is 120. The van der Waals surface area contributed by atoms with Gasteiger partial charge in [-0.3, -0.25) is 58.5 Å². The number of benzene rings is 1. The summed E-state index contributed by atoms with van der Waals surface area (Å²) in [5.74, 6) is -11.6. The molecule has 0 spiro atoms. The second-order valence-corrected chi connectivity index (χ2v) is 18.8. The van der Waals surface area contributed by atoms with Gasteiger partial charge in [-0.05, 0) is 18.2 Å². The van der Waals surface area contributed by atoms with Gasteiger partial charge in [0, 0.05) is 85.3 Å². The number of ether oxygens (including phenoxy) is 15. The van der Waals surface area contributed by atoms with E-state index in [9.17, 15) is 70.7 Å². The first kappa shape index (κ1) is 74.5. The maximum atomic E-state index is 13.3. The van der Waals surface area contributed by atoms with Gasteiger partial charge >= 0.3 is 48.0 Å². The first-order chi connectivity index (χ1) is 41.5. The molecule has 36 heteroatoms. The van der Waals surface area contributed by atoms with Crippen LogP contribution in [0.3, 0.4) is 0 Å². The lowest BCUT2D eigenvalue weighted by Crippen LogP contribution is -2.66. The normalized spacial score (nSPS) is 21.8. The zero-order valence-electron chi connectivity index (χ0n) is 49.2. The van der Waals surface area contributed by atoms with Crippen molar-refractivity contribution in [3.8, 4) is 0 Å². The summed E-state index contributed by atoms with van der Waals surface area (Å²) >= 11 is 0. The molecule has 11 atom stereocenters. The van der Waals surface area contributed by atoms with Gasteiger partial charge in [0.25, 0.3) is 17.7 Å². The molecule has 7 N–H and O–H groups in total. The molecule has 3 rings (SSSR count). The van der Waals surface area contributed by atoms with E-state index >= 15 is 0 Å². The fourth-order valence-corrected chi connectivity index (χ4v) is 8.05. The van der Waals surface area contributed by atoms with E-state index in [1.165, 1.54) is 13.8 Å². The lowest BCUT2D eigenvalue weighted by atomic mass is 9.96. The van der Waals surface area contributed by atoms with Gasteiger partial charge in [-0.15, -0.1) is 0 Å². The molecule has 2 aliphatic heterocycles. The minimum Gasteiger partial charge on any atom is -0.463 e. The number of anilines is 1. The van der Waals surface area contributed by atoms with Crippen LogP contribution in [0.5, 0.6) is 0 Å². The van der Waals surface area contributed by atoms with Crippen LogP contribution in [0, 0.1) is 0 Å². The molecule has 0 bridgehead atoms. The standard InChI is InChI=1S/C52H73F3N6O27/c1-26(62)59-39-43(84-32(7)68)41(82-30(5)66)37(24-80-28(3)64)86-49(39)78-19-17-76-15-13-74-11-9-57-46(70)34-21-35(23-36(22-34)61-48(72)45(56)88-51(73)52(53,54)55)47(71)58-10-12-75-14-16-77-18-20-79-50-40(60-27(2)63)44(85-33(8)69)42(83-31(6)67)38(87-50)25-81-29(4)65/h21-23,37-45,49-50H,9-20,24-25,56H2,1-8H3,(H,57,70)(H,58,71)(H,59,62)(H,60,63)(H,61,72)/t37-,38+,39-,40+,41+,42-,43-,44+,45?,49?,50?. The number of nitrogens with two attached hydrogens (primary N) is 1. The fraction of sp³-hybridized carbons (Fsp3) is 0.654. The second-order valence-electron chi connectivity index (χ2n) is 18.8. The number of hydrogen-bond acceptors (Lipinski definition) is 28. The summed E-state index contributed by atoms with van der Waals surface area (Å²) in [5, 5.41) is 12.3. The van der Waals surface area contributed by atoms with E-state index in [2.05, 4.69) is 31.3 Å². The van der Waals surface area contributed by atoms with E-state index in [1.54, 1.807) is 0 Å². The number of alkyl halides is 3. The third kappa shape index (κ3) is 27.6. The predicted molar refractivity (Wildman–Crippen MR) is 283 cm³/mol. The smallest absolute Gasteiger partial charge is 0.463 e. The molecular formula is C52H73F3N6O27. The van der Waals surface area contributed by atoms with Gasteiger partial charge in [0.15, 0.2) is 37.0 Å². The Bertz CT molecular complexity index is 2420. The van der Waals surface area contributed by atoms with Gasteiger partial charge < -0.3 is 97.6 Å². The SMILES string of the molecule is CC(=O)N[C@@H]1C(OCCOCCOCCNC(=O)c2cc(NC(=O)C(N)OC(=O)C(F)(F)F)cc(C(=O)NCCOCCOCCOC3O[C@H](COC(C)=O)[C@H](OC(C)=O)[C@H](OC(C)=O)[C@H]3NC(C)=O)c2)O[C@@H](COC(C)=O)[C@@H](OC(C)=O)[C@H]1OC(C)=O. The van der Waals surface area contributed by atoms with Gasteiger partial charge in [-0.1, -0.05) is 0 Å². The number of esters is 7. The molecule has 0 aromatic heterocycles. The molecule has 5 amide bonds. The number of hydrogen-bond donors (Lipinski definition) is 6. The molecule has 0 aliphatic carbocycles. The van der Waals surface area contributed by atoms with Gasteiger partial charge in [0.2, 0.25) is 18.0 Å². The molecule has 88 heavy (non-hydrogen) atoms. The molecule has 1 aromatic carbocycles. The van der Waals surface area contributed by atoms with Crippen molar-refractivity contribution in [3.63, 3.8) is 0 Å². The molecule has 2 aliphatic rings. The van der Waals surface area contributed by atoms with Crippen LogP contribution in [-0.2, 0) is 119 Å². The number of carbonyl (C=O) groups excluding carboxylic acids is 12. The minimum atomic E-state index is -5.49. The summed E-state index contributed by atoms with van der Waals surface area (Å²) in [6.07, 6.45) is -18.3. The average molecular weight is 1270 g/mol. The highest BCUT2D eigenvalue weighted by molar-refractivity contribution is 6.03. The Morgan fingerprint density at radius 3 is 1.19 bits per heavy atom. The minimum absolute atomic E-state index is 0.0123. The Labute approximate surface area is 500 Å². The van der Waals surface area contributed by atoms with E-state index in [1.807, 2.05) is 0 Å². The number of nitrogens with one attached hydrogen (secondary N) is 5. The lowest BCUT2D eigenvalue weighted by Gasteiger charge is -2.44. The summed E-state index contributed by atoms with van der Waals surface area (Å²) in [4.78, 5) is 146. The van der Waals surface area contributed by atoms with Gasteiger partial charge in [0.1, 0.15) is 37.5 Å². The van der Waals surface area contributed by atoms with Crippen LogP contribution in [0.1, 0.15) is 76.1 Å². The third-order valence-corrected chi connectivity index (χ3v) is 11.4. The van der Waals surface area contributed by atoms with E-state index in [0.29, 0.717) is 0 Å². The number of rotatable bonds is 35. The van der Waals surface area contributed by atoms with Crippen LogP contribution >= 0.6 is 0 Å². The predicted octanol–water partition coefficient (Wildman–Crippen LogP) is -2.11. The Kier molecular flexibility index (Phi) is 32.1. The monoisotopic (exact) mass is 1270 g/mol. The Morgan fingerprint density at radius 1 is 0.500 bits per heavy atom. The lowest BCUT2D eigenvalue weighted by molar-refractivity contribution is -0.279. The Balaban J connectivity index is 1.54. The number of carbonyl (C=O) groups is 12. The van der Waals surface area contributed by atoms with Crippen LogP contribution in [0.15, 0.2) is 18.2 Å². The van der Waals surface area contributed by atoms with Crippen molar-refractivity contribution in [2.24, 2.45) is 5.73 Å². The van der Waals surface area contributed by atoms with Crippen molar-refractivity contribution in [3.05, 3.63) is 29.3 Å². The van der Waals surface area contributed by atoms with E-state index < -0.39 is 158 Å². The molecule has 3 unspecified atom stereocenters. The first-order valence-corrected chi connectivity index (χ1v) is 26.9. The highest BCUT2D eigenvalue weighted by Crippen LogP contribution is 2.30. The van der Waals surface area contributed by atoms with Crippen LogP contribution in [0.4, 0.5) is 18.9 Å². The first-order valence-electron chi connectivity index (χ1n) is 26.9. The van der Waals surface area contributed by atoms with Crippen LogP contribution in [-0.4, -0.2) is 237 Å². The van der Waals surface area contributed by atoms with Crippen LogP contribution < -0.4 is 32.3 Å². The van der Waals surface area contributed by atoms with E-state index in [-0.39, 0.29) is 96.0 Å². The van der Waals surface area contributed by atoms with Crippen molar-refractivity contribution in [1.82, 2.24) is 21.3 Å². The summed E-state index contributed by atoms with van der Waals surface area (Å²) in [6, 6.07) is 0.808. The largest absolute Gasteiger partial charge is 0.490 e. The molecule has 0 radical (unpaired) electrons. The van der Waals surface area contributed by atoms with Crippen molar-refractivity contribution < 1.29 is 142 Å². The molecule has 1 aromatic rings. The van der Waals surface area contributed by atoms with Crippen molar-refractivity contribution in [1.29, 1.82) is 0 Å². The molecule has 2 fully saturated rings. The topological polar surface area (TPSA) is 429 Å².